The van der Waals surface area contributed by atoms with Crippen molar-refractivity contribution >= 4 is 23.6 Å². The Morgan fingerprint density at radius 3 is 2.56 bits per heavy atom. The minimum atomic E-state index is -0.592. The van der Waals surface area contributed by atoms with E-state index < -0.39 is 17.6 Å². The molecule has 0 atom stereocenters. The summed E-state index contributed by atoms with van der Waals surface area (Å²) in [5.41, 5.74) is 8.09. The molecule has 2 amide bonds. The van der Waals surface area contributed by atoms with E-state index in [1.807, 2.05) is 39.8 Å². The van der Waals surface area contributed by atoms with Gasteiger partial charge in [-0.25, -0.2) is 4.79 Å². The van der Waals surface area contributed by atoms with Crippen molar-refractivity contribution in [2.45, 2.75) is 46.4 Å². The monoisotopic (exact) mass is 390 g/mol. The van der Waals surface area contributed by atoms with E-state index in [2.05, 4.69) is 5.10 Å². The van der Waals surface area contributed by atoms with E-state index in [0.717, 1.165) is 5.56 Å². The van der Waals surface area contributed by atoms with E-state index in [1.54, 1.807) is 15.6 Å². The summed E-state index contributed by atoms with van der Waals surface area (Å²) in [7, 11) is 0. The maximum Gasteiger partial charge on any atom is 0.410 e. The predicted octanol–water partition coefficient (Wildman–Crippen LogP) is 3.36. The van der Waals surface area contributed by atoms with E-state index in [0.29, 0.717) is 40.6 Å². The van der Waals surface area contributed by atoms with Gasteiger partial charge in [0.05, 0.1) is 24.3 Å². The molecule has 2 aromatic rings. The number of nitrogens with two attached hydrogens (primary N) is 1. The Labute approximate surface area is 163 Å². The zero-order valence-electron chi connectivity index (χ0n) is 15.9. The third-order valence-corrected chi connectivity index (χ3v) is 4.73. The largest absolute Gasteiger partial charge is 0.444 e. The lowest BCUT2D eigenvalue weighted by molar-refractivity contribution is 0.0193. The lowest BCUT2D eigenvalue weighted by atomic mass is 10.0. The van der Waals surface area contributed by atoms with Crippen LogP contribution in [0.4, 0.5) is 4.79 Å². The van der Waals surface area contributed by atoms with Crippen LogP contribution in [-0.4, -0.2) is 38.8 Å². The summed E-state index contributed by atoms with van der Waals surface area (Å²) >= 11 is 6.23. The molecule has 0 unspecified atom stereocenters. The van der Waals surface area contributed by atoms with Crippen LogP contribution in [0.25, 0.3) is 11.3 Å². The third-order valence-electron chi connectivity index (χ3n) is 4.32. The lowest BCUT2D eigenvalue weighted by Crippen LogP contribution is -2.42. The molecule has 144 valence electrons. The number of rotatable bonds is 2. The summed E-state index contributed by atoms with van der Waals surface area (Å²) in [6, 6.07) is 5.49. The van der Waals surface area contributed by atoms with Crippen LogP contribution in [0.2, 0.25) is 5.02 Å². The topological polar surface area (TPSA) is 90.5 Å². The number of ether oxygens (including phenoxy) is 1. The number of primary amides is 1. The molecule has 8 heteroatoms. The van der Waals surface area contributed by atoms with E-state index in [9.17, 15) is 9.59 Å². The van der Waals surface area contributed by atoms with Crippen molar-refractivity contribution in [1.29, 1.82) is 0 Å². The van der Waals surface area contributed by atoms with Gasteiger partial charge in [0.2, 0.25) is 0 Å². The Morgan fingerprint density at radius 1 is 1.26 bits per heavy atom. The molecule has 0 radical (unpaired) electrons. The zero-order valence-corrected chi connectivity index (χ0v) is 16.6. The van der Waals surface area contributed by atoms with E-state index >= 15 is 0 Å². The summed E-state index contributed by atoms with van der Waals surface area (Å²) in [4.78, 5) is 26.1. The van der Waals surface area contributed by atoms with Crippen LogP contribution < -0.4 is 5.73 Å². The molecule has 2 N–H and O–H groups in total. The zero-order chi connectivity index (χ0) is 19.9. The van der Waals surface area contributed by atoms with Gasteiger partial charge >= 0.3 is 6.09 Å². The number of amides is 2. The molecule has 27 heavy (non-hydrogen) atoms. The molecule has 0 bridgehead atoms. The van der Waals surface area contributed by atoms with Crippen LogP contribution in [-0.2, 0) is 17.8 Å². The SMILES string of the molecule is Cc1ccc(-c2nn3c(c2C(N)=O)CN(C(=O)OC(C)(C)C)CC3)cc1Cl. The predicted molar refractivity (Wildman–Crippen MR) is 103 cm³/mol. The first kappa shape index (κ1) is 19.2. The number of hydrogen-bond donors (Lipinski definition) is 1. The van der Waals surface area contributed by atoms with Crippen LogP contribution in [0.1, 0.15) is 42.4 Å². The summed E-state index contributed by atoms with van der Waals surface area (Å²) in [5, 5.41) is 5.15. The van der Waals surface area contributed by atoms with Gasteiger partial charge in [0, 0.05) is 17.1 Å². The number of aromatic nitrogens is 2. The first-order chi connectivity index (χ1) is 12.6. The van der Waals surface area contributed by atoms with Gasteiger partial charge in [0.25, 0.3) is 5.91 Å². The van der Waals surface area contributed by atoms with Gasteiger partial charge in [-0.3, -0.25) is 9.48 Å². The smallest absolute Gasteiger partial charge is 0.410 e. The number of carbonyl (C=O) groups is 2. The number of fused-ring (bicyclic) bond motifs is 1. The molecule has 1 aliphatic heterocycles. The molecule has 1 aliphatic rings. The van der Waals surface area contributed by atoms with Crippen molar-refractivity contribution in [3.63, 3.8) is 0 Å². The summed E-state index contributed by atoms with van der Waals surface area (Å²) < 4.78 is 7.16. The molecule has 2 heterocycles. The molecule has 0 aliphatic carbocycles. The second-order valence-corrected chi connectivity index (χ2v) is 8.03. The van der Waals surface area contributed by atoms with Gasteiger partial charge in [-0.2, -0.15) is 5.10 Å². The van der Waals surface area contributed by atoms with E-state index in [1.165, 1.54) is 0 Å². The number of hydrogen-bond acceptors (Lipinski definition) is 4. The quantitative estimate of drug-likeness (QED) is 0.851. The molecule has 7 nitrogen and oxygen atoms in total. The van der Waals surface area contributed by atoms with Crippen molar-refractivity contribution in [1.82, 2.24) is 14.7 Å². The average Bonchev–Trinajstić information content (AvgIpc) is 2.94. The van der Waals surface area contributed by atoms with Crippen LogP contribution in [0, 0.1) is 6.92 Å². The molecular formula is C19H23ClN4O3. The Bertz CT molecular complexity index is 914. The van der Waals surface area contributed by atoms with Crippen molar-refractivity contribution in [3.8, 4) is 11.3 Å². The number of carbonyl (C=O) groups excluding carboxylic acids is 2. The van der Waals surface area contributed by atoms with Gasteiger partial charge in [-0.15, -0.1) is 0 Å². The number of halogens is 1. The fourth-order valence-corrected chi connectivity index (χ4v) is 3.18. The highest BCUT2D eigenvalue weighted by Gasteiger charge is 2.31. The Balaban J connectivity index is 1.99. The van der Waals surface area contributed by atoms with Crippen molar-refractivity contribution < 1.29 is 14.3 Å². The second-order valence-electron chi connectivity index (χ2n) is 7.62. The Hall–Kier alpha value is -2.54. The number of nitrogens with zero attached hydrogens (tertiary/aromatic N) is 3. The maximum atomic E-state index is 12.4. The summed E-state index contributed by atoms with van der Waals surface area (Å²) in [5.74, 6) is -0.589. The van der Waals surface area contributed by atoms with Crippen LogP contribution >= 0.6 is 11.6 Å². The highest BCUT2D eigenvalue weighted by atomic mass is 35.5. The molecular weight excluding hydrogens is 368 g/mol. The van der Waals surface area contributed by atoms with Gasteiger partial charge in [0.1, 0.15) is 11.3 Å². The normalized spacial score (nSPS) is 14.0. The standard InChI is InChI=1S/C19H23ClN4O3/c1-11-5-6-12(9-13(11)20)16-15(17(21)25)14-10-23(7-8-24(14)22-16)18(26)27-19(2,3)4/h5-6,9H,7-8,10H2,1-4H3,(H2,21,25). The fourth-order valence-electron chi connectivity index (χ4n) is 3.00. The number of aryl methyl sites for hydroxylation is 1. The highest BCUT2D eigenvalue weighted by Crippen LogP contribution is 2.31. The van der Waals surface area contributed by atoms with Crippen molar-refractivity contribution in [3.05, 3.63) is 40.0 Å². The van der Waals surface area contributed by atoms with E-state index in [-0.39, 0.29) is 6.54 Å². The van der Waals surface area contributed by atoms with Crippen LogP contribution in [0.5, 0.6) is 0 Å². The van der Waals surface area contributed by atoms with Gasteiger partial charge in [0.15, 0.2) is 0 Å². The maximum absolute atomic E-state index is 12.4. The summed E-state index contributed by atoms with van der Waals surface area (Å²) in [6.45, 7) is 8.44. The highest BCUT2D eigenvalue weighted by molar-refractivity contribution is 6.31. The first-order valence-electron chi connectivity index (χ1n) is 8.71. The minimum absolute atomic E-state index is 0.208. The average molecular weight is 391 g/mol. The molecule has 1 aromatic carbocycles. The van der Waals surface area contributed by atoms with Gasteiger partial charge < -0.3 is 15.4 Å². The molecule has 3 rings (SSSR count). The molecule has 0 spiro atoms. The van der Waals surface area contributed by atoms with Gasteiger partial charge in [-0.05, 0) is 39.3 Å². The van der Waals surface area contributed by atoms with Crippen LogP contribution in [0.3, 0.4) is 0 Å². The first-order valence-corrected chi connectivity index (χ1v) is 9.08. The lowest BCUT2D eigenvalue weighted by Gasteiger charge is -2.30. The van der Waals surface area contributed by atoms with Crippen molar-refractivity contribution in [2.75, 3.05) is 6.54 Å². The van der Waals surface area contributed by atoms with Crippen molar-refractivity contribution in [2.24, 2.45) is 5.73 Å². The Morgan fingerprint density at radius 2 is 1.96 bits per heavy atom. The molecule has 0 saturated carbocycles. The third kappa shape index (κ3) is 3.93. The molecule has 0 fully saturated rings. The van der Waals surface area contributed by atoms with E-state index in [4.69, 9.17) is 22.1 Å². The number of benzene rings is 1. The van der Waals surface area contributed by atoms with Gasteiger partial charge in [-0.1, -0.05) is 23.7 Å². The second kappa shape index (κ2) is 6.88. The summed E-state index contributed by atoms with van der Waals surface area (Å²) in [6.07, 6.45) is -0.426. The Kier molecular flexibility index (Phi) is 4.90. The molecule has 0 saturated heterocycles. The molecule has 1 aromatic heterocycles. The minimum Gasteiger partial charge on any atom is -0.444 e. The van der Waals surface area contributed by atoms with Crippen LogP contribution in [0.15, 0.2) is 18.2 Å². The fraction of sp³-hybridized carbons (Fsp3) is 0.421.